The summed E-state index contributed by atoms with van der Waals surface area (Å²) in [7, 11) is 5.49. The number of carboxylic acid groups (broad SMARTS) is 1. The molecule has 0 aromatic rings. The van der Waals surface area contributed by atoms with Gasteiger partial charge in [0.2, 0.25) is 0 Å². The van der Waals surface area contributed by atoms with Crippen LogP contribution in [0.2, 0.25) is 0 Å². The molecule has 0 heterocycles. The van der Waals surface area contributed by atoms with Crippen molar-refractivity contribution in [1.82, 2.24) is 0 Å². The highest BCUT2D eigenvalue weighted by molar-refractivity contribution is 5.72. The molecule has 0 saturated carbocycles. The second-order valence-electron chi connectivity index (χ2n) is 15.0. The highest BCUT2D eigenvalue weighted by Crippen LogP contribution is 2.12. The van der Waals surface area contributed by atoms with Crippen LogP contribution in [0.4, 0.5) is 0 Å². The van der Waals surface area contributed by atoms with Crippen LogP contribution < -0.4 is 0 Å². The van der Waals surface area contributed by atoms with E-state index >= 15 is 0 Å². The number of esters is 2. The lowest BCUT2D eigenvalue weighted by Gasteiger charge is -2.31. The van der Waals surface area contributed by atoms with Crippen LogP contribution in [0.25, 0.3) is 0 Å². The van der Waals surface area contributed by atoms with Crippen molar-refractivity contribution in [2.24, 2.45) is 0 Å². The lowest BCUT2D eigenvalue weighted by molar-refractivity contribution is -0.887. The van der Waals surface area contributed by atoms with E-state index in [9.17, 15) is 19.5 Å². The molecule has 2 unspecified atom stereocenters. The molecular weight excluding hydrogens is 691 g/mol. The zero-order valence-corrected chi connectivity index (χ0v) is 35.3. The summed E-state index contributed by atoms with van der Waals surface area (Å²) < 4.78 is 17.1. The van der Waals surface area contributed by atoms with E-state index in [1.165, 1.54) is 44.9 Å². The predicted octanol–water partition coefficient (Wildman–Crippen LogP) is 11.4. The lowest BCUT2D eigenvalue weighted by atomic mass is 10.1. The molecule has 0 saturated heterocycles. The third-order valence-electron chi connectivity index (χ3n) is 8.89. The average Bonchev–Trinajstić information content (AvgIpc) is 3.14. The minimum absolute atomic E-state index is 0.0280. The number of carboxylic acids is 1. The largest absolute Gasteiger partial charge is 0.477 e. The molecule has 312 valence electrons. The first-order valence-corrected chi connectivity index (χ1v) is 21.2. The fourth-order valence-corrected chi connectivity index (χ4v) is 5.58. The summed E-state index contributed by atoms with van der Waals surface area (Å²) in [5.41, 5.74) is 0. The standard InChI is InChI=1S/C47H77NO7/c1-6-8-10-12-14-16-18-20-21-22-23-24-26-28-30-32-34-36-38-46(50)55-43(41-53-40-39-44(47(51)52)48(3,4)5)42-54-45(49)37-35-33-31-29-27-25-19-17-15-13-11-9-7-2/h10,12,14,16,18,20-25,27,31,33,43-44H,6-9,11,13,15,17,19,26,28-30,32,34-42H2,1-5H3/p+1/b12-10+,16-14+,20-18+,22-21+,24-23+,27-25+,33-31+. The zero-order chi connectivity index (χ0) is 40.7. The first-order valence-electron chi connectivity index (χ1n) is 21.2. The van der Waals surface area contributed by atoms with E-state index in [4.69, 9.17) is 14.2 Å². The molecular formula is C47H78NO7+. The molecule has 0 fully saturated rings. The summed E-state index contributed by atoms with van der Waals surface area (Å²) in [6.07, 6.45) is 47.8. The Labute approximate surface area is 335 Å². The summed E-state index contributed by atoms with van der Waals surface area (Å²) in [5, 5.41) is 9.61. The monoisotopic (exact) mass is 769 g/mol. The van der Waals surface area contributed by atoms with Crippen LogP contribution in [0, 0.1) is 0 Å². The van der Waals surface area contributed by atoms with Gasteiger partial charge in [0.1, 0.15) is 6.61 Å². The average molecular weight is 769 g/mol. The van der Waals surface area contributed by atoms with Gasteiger partial charge >= 0.3 is 17.9 Å². The Morgan fingerprint density at radius 3 is 1.71 bits per heavy atom. The Kier molecular flexibility index (Phi) is 35.1. The Morgan fingerprint density at radius 1 is 0.564 bits per heavy atom. The van der Waals surface area contributed by atoms with E-state index in [0.29, 0.717) is 12.8 Å². The summed E-state index contributed by atoms with van der Waals surface area (Å²) in [5.74, 6) is -1.60. The third kappa shape index (κ3) is 35.9. The van der Waals surface area contributed by atoms with Crippen molar-refractivity contribution in [3.05, 3.63) is 85.1 Å². The quantitative estimate of drug-likeness (QED) is 0.0223. The first-order chi connectivity index (χ1) is 26.6. The number of carbonyl (C=O) groups excluding carboxylic acids is 2. The molecule has 0 aliphatic rings. The van der Waals surface area contributed by atoms with Crippen molar-refractivity contribution in [2.75, 3.05) is 41.0 Å². The van der Waals surface area contributed by atoms with E-state index in [2.05, 4.69) is 56.4 Å². The Morgan fingerprint density at radius 2 is 1.11 bits per heavy atom. The summed E-state index contributed by atoms with van der Waals surface area (Å²) in [6, 6.07) is -0.631. The van der Waals surface area contributed by atoms with Crippen molar-refractivity contribution in [2.45, 2.75) is 154 Å². The van der Waals surface area contributed by atoms with Crippen molar-refractivity contribution >= 4 is 17.9 Å². The van der Waals surface area contributed by atoms with Crippen molar-refractivity contribution < 1.29 is 38.2 Å². The van der Waals surface area contributed by atoms with Crippen LogP contribution >= 0.6 is 0 Å². The fourth-order valence-electron chi connectivity index (χ4n) is 5.58. The van der Waals surface area contributed by atoms with E-state index < -0.39 is 18.1 Å². The van der Waals surface area contributed by atoms with Gasteiger partial charge in [-0.2, -0.15) is 0 Å². The fraction of sp³-hybridized carbons (Fsp3) is 0.638. The molecule has 1 N–H and O–H groups in total. The Bertz CT molecular complexity index is 1170. The molecule has 0 aromatic carbocycles. The number of unbranched alkanes of at least 4 members (excludes halogenated alkanes) is 12. The van der Waals surface area contributed by atoms with Crippen LogP contribution in [0.5, 0.6) is 0 Å². The smallest absolute Gasteiger partial charge is 0.362 e. The summed E-state index contributed by atoms with van der Waals surface area (Å²) >= 11 is 0. The number of rotatable bonds is 36. The third-order valence-corrected chi connectivity index (χ3v) is 8.89. The van der Waals surface area contributed by atoms with Crippen LogP contribution in [-0.4, -0.2) is 80.6 Å². The summed E-state index contributed by atoms with van der Waals surface area (Å²) in [6.45, 7) is 4.52. The minimum Gasteiger partial charge on any atom is -0.477 e. The molecule has 55 heavy (non-hydrogen) atoms. The van der Waals surface area contributed by atoms with Crippen LogP contribution in [0.3, 0.4) is 0 Å². The van der Waals surface area contributed by atoms with Gasteiger partial charge < -0.3 is 23.8 Å². The number of hydrogen-bond acceptors (Lipinski definition) is 6. The van der Waals surface area contributed by atoms with Gasteiger partial charge in [0.05, 0.1) is 34.4 Å². The Hall–Kier alpha value is -3.49. The van der Waals surface area contributed by atoms with Gasteiger partial charge in [-0.15, -0.1) is 0 Å². The maximum absolute atomic E-state index is 12.7. The second-order valence-corrected chi connectivity index (χ2v) is 15.0. The topological polar surface area (TPSA) is 99.1 Å². The molecule has 0 rings (SSSR count). The van der Waals surface area contributed by atoms with Gasteiger partial charge in [0.15, 0.2) is 12.1 Å². The number of ether oxygens (including phenoxy) is 3. The number of hydrogen-bond donors (Lipinski definition) is 1. The van der Waals surface area contributed by atoms with E-state index in [1.54, 1.807) is 0 Å². The van der Waals surface area contributed by atoms with Crippen molar-refractivity contribution in [3.8, 4) is 0 Å². The van der Waals surface area contributed by atoms with Crippen LogP contribution in [0.15, 0.2) is 85.1 Å². The number of nitrogens with zero attached hydrogens (tertiary/aromatic N) is 1. The van der Waals surface area contributed by atoms with Crippen LogP contribution in [-0.2, 0) is 28.6 Å². The first kappa shape index (κ1) is 51.5. The van der Waals surface area contributed by atoms with Crippen molar-refractivity contribution in [1.29, 1.82) is 0 Å². The normalized spacial score (nSPS) is 13.8. The molecule has 0 amide bonds. The van der Waals surface area contributed by atoms with Gasteiger partial charge in [0, 0.05) is 19.3 Å². The highest BCUT2D eigenvalue weighted by atomic mass is 16.6. The number of carbonyl (C=O) groups is 3. The molecule has 0 aliphatic carbocycles. The maximum Gasteiger partial charge on any atom is 0.362 e. The second kappa shape index (κ2) is 37.4. The SMILES string of the molecule is CCC/C=C/C=C/C=C/C=C/C=C/CCCCCCCC(=O)OC(COCCC(C(=O)O)[N+](C)(C)C)COC(=O)CC/C=C/C/C=C/CCCCCCCC. The van der Waals surface area contributed by atoms with Gasteiger partial charge in [0.25, 0.3) is 0 Å². The van der Waals surface area contributed by atoms with Gasteiger partial charge in [-0.05, 0) is 51.4 Å². The molecule has 2 atom stereocenters. The van der Waals surface area contributed by atoms with Gasteiger partial charge in [-0.25, -0.2) is 4.79 Å². The predicted molar refractivity (Wildman–Crippen MR) is 229 cm³/mol. The molecule has 0 bridgehead atoms. The number of quaternary nitrogens is 1. The Balaban J connectivity index is 4.52. The van der Waals surface area contributed by atoms with Gasteiger partial charge in [-0.1, -0.05) is 157 Å². The number of likely N-dealkylation sites (N-methyl/N-ethyl adjacent to an activating group) is 1. The molecule has 8 heteroatoms. The molecule has 8 nitrogen and oxygen atoms in total. The van der Waals surface area contributed by atoms with E-state index in [0.717, 1.165) is 57.8 Å². The molecule has 0 spiro atoms. The zero-order valence-electron chi connectivity index (χ0n) is 35.3. The number of aliphatic carboxylic acids is 1. The molecule has 0 radical (unpaired) electrons. The maximum atomic E-state index is 12.7. The van der Waals surface area contributed by atoms with E-state index in [1.807, 2.05) is 63.7 Å². The van der Waals surface area contributed by atoms with Crippen LogP contribution in [0.1, 0.15) is 142 Å². The number of allylic oxidation sites excluding steroid dienone is 14. The molecule has 0 aliphatic heterocycles. The van der Waals surface area contributed by atoms with Crippen molar-refractivity contribution in [3.63, 3.8) is 0 Å². The van der Waals surface area contributed by atoms with E-state index in [-0.39, 0.29) is 49.1 Å². The molecule has 0 aromatic heterocycles. The van der Waals surface area contributed by atoms with Gasteiger partial charge in [-0.3, -0.25) is 9.59 Å². The highest BCUT2D eigenvalue weighted by Gasteiger charge is 2.31. The minimum atomic E-state index is -0.891. The lowest BCUT2D eigenvalue weighted by Crippen LogP contribution is -2.50. The summed E-state index contributed by atoms with van der Waals surface area (Å²) in [4.78, 5) is 36.9.